The van der Waals surface area contributed by atoms with E-state index in [4.69, 9.17) is 0 Å². The van der Waals surface area contributed by atoms with Gasteiger partial charge in [0, 0.05) is 19.2 Å². The number of nitrogens with one attached hydrogen (secondary N) is 1. The van der Waals surface area contributed by atoms with Gasteiger partial charge in [0.15, 0.2) is 0 Å². The quantitative estimate of drug-likeness (QED) is 0.901. The molecule has 2 aromatic rings. The van der Waals surface area contributed by atoms with Crippen LogP contribution in [-0.2, 0) is 26.9 Å². The first kappa shape index (κ1) is 16.2. The molecule has 1 heterocycles. The van der Waals surface area contributed by atoms with E-state index in [2.05, 4.69) is 15.5 Å². The Morgan fingerprint density at radius 3 is 2.68 bits per heavy atom. The topological polar surface area (TPSA) is 93.9 Å². The second-order valence-corrected chi connectivity index (χ2v) is 6.80. The number of carbonyl (C=O) groups excluding carboxylic acids is 1. The minimum Gasteiger partial charge on any atom is -0.326 e. The standard InChI is InChI=1S/C14H18N4O3S/c1-4-18-10(2)16-17-14(18)22(20,21)9-12-6-5-7-13(8-12)15-11(3)19/h5-8H,4,9H2,1-3H3,(H,15,19). The largest absolute Gasteiger partial charge is 0.326 e. The first-order valence-electron chi connectivity index (χ1n) is 6.82. The zero-order chi connectivity index (χ0) is 16.3. The maximum atomic E-state index is 12.5. The number of amides is 1. The summed E-state index contributed by atoms with van der Waals surface area (Å²) >= 11 is 0. The highest BCUT2D eigenvalue weighted by molar-refractivity contribution is 7.90. The molecule has 0 bridgehead atoms. The van der Waals surface area contributed by atoms with E-state index >= 15 is 0 Å². The maximum absolute atomic E-state index is 12.5. The first-order valence-corrected chi connectivity index (χ1v) is 8.48. The Labute approximate surface area is 129 Å². The van der Waals surface area contributed by atoms with E-state index in [0.29, 0.717) is 23.6 Å². The maximum Gasteiger partial charge on any atom is 0.250 e. The van der Waals surface area contributed by atoms with Crippen LogP contribution in [0.3, 0.4) is 0 Å². The van der Waals surface area contributed by atoms with Crippen molar-refractivity contribution in [1.29, 1.82) is 0 Å². The Hall–Kier alpha value is -2.22. The fraction of sp³-hybridized carbons (Fsp3) is 0.357. The Morgan fingerprint density at radius 1 is 1.32 bits per heavy atom. The number of hydrogen-bond acceptors (Lipinski definition) is 5. The van der Waals surface area contributed by atoms with Gasteiger partial charge in [0.2, 0.25) is 20.9 Å². The third-order valence-corrected chi connectivity index (χ3v) is 4.67. The minimum absolute atomic E-state index is 0.0302. The summed E-state index contributed by atoms with van der Waals surface area (Å²) in [5.74, 6) is 0.160. The predicted octanol–water partition coefficient (Wildman–Crippen LogP) is 1.54. The summed E-state index contributed by atoms with van der Waals surface area (Å²) in [6, 6.07) is 6.74. The molecule has 0 saturated carbocycles. The van der Waals surface area contributed by atoms with Crippen LogP contribution in [0.15, 0.2) is 29.4 Å². The molecule has 1 amide bonds. The molecule has 0 aliphatic heterocycles. The van der Waals surface area contributed by atoms with E-state index in [1.807, 2.05) is 6.92 Å². The molecule has 8 heteroatoms. The smallest absolute Gasteiger partial charge is 0.250 e. The van der Waals surface area contributed by atoms with Gasteiger partial charge >= 0.3 is 0 Å². The number of rotatable bonds is 5. The average Bonchev–Trinajstić information content (AvgIpc) is 2.79. The van der Waals surface area contributed by atoms with Crippen LogP contribution in [0.4, 0.5) is 5.69 Å². The lowest BCUT2D eigenvalue weighted by molar-refractivity contribution is -0.114. The number of anilines is 1. The summed E-state index contributed by atoms with van der Waals surface area (Å²) in [4.78, 5) is 11.1. The van der Waals surface area contributed by atoms with Crippen LogP contribution in [0.2, 0.25) is 0 Å². The molecule has 1 N–H and O–H groups in total. The van der Waals surface area contributed by atoms with Crippen LogP contribution < -0.4 is 5.32 Å². The highest BCUT2D eigenvalue weighted by Crippen LogP contribution is 2.18. The Kier molecular flexibility index (Phi) is 4.60. The molecule has 0 spiro atoms. The highest BCUT2D eigenvalue weighted by Gasteiger charge is 2.23. The van der Waals surface area contributed by atoms with Gasteiger partial charge < -0.3 is 9.88 Å². The lowest BCUT2D eigenvalue weighted by Gasteiger charge is -2.08. The molecular weight excluding hydrogens is 304 g/mol. The molecule has 0 fully saturated rings. The molecule has 0 unspecified atom stereocenters. The van der Waals surface area contributed by atoms with Crippen LogP contribution >= 0.6 is 0 Å². The molecule has 1 aromatic heterocycles. The SMILES string of the molecule is CCn1c(C)nnc1S(=O)(=O)Cc1cccc(NC(C)=O)c1. The van der Waals surface area contributed by atoms with E-state index in [9.17, 15) is 13.2 Å². The summed E-state index contributed by atoms with van der Waals surface area (Å²) in [6.07, 6.45) is 0. The average molecular weight is 322 g/mol. The molecule has 1 aromatic carbocycles. The lowest BCUT2D eigenvalue weighted by Crippen LogP contribution is -2.13. The molecule has 0 aliphatic rings. The molecule has 0 saturated heterocycles. The van der Waals surface area contributed by atoms with Crippen molar-refractivity contribution in [2.75, 3.05) is 5.32 Å². The van der Waals surface area contributed by atoms with Crippen molar-refractivity contribution in [2.45, 2.75) is 38.2 Å². The van der Waals surface area contributed by atoms with Gasteiger partial charge in [-0.2, -0.15) is 0 Å². The van der Waals surface area contributed by atoms with Crippen molar-refractivity contribution >= 4 is 21.4 Å². The number of nitrogens with zero attached hydrogens (tertiary/aromatic N) is 3. The van der Waals surface area contributed by atoms with Gasteiger partial charge in [-0.1, -0.05) is 12.1 Å². The van der Waals surface area contributed by atoms with E-state index in [0.717, 1.165) is 0 Å². The normalized spacial score (nSPS) is 11.4. The number of carbonyl (C=O) groups is 1. The first-order chi connectivity index (χ1) is 10.3. The third-order valence-electron chi connectivity index (χ3n) is 3.10. The zero-order valence-corrected chi connectivity index (χ0v) is 13.5. The van der Waals surface area contributed by atoms with Gasteiger partial charge in [0.05, 0.1) is 5.75 Å². The van der Waals surface area contributed by atoms with Gasteiger partial charge in [-0.05, 0) is 31.5 Å². The van der Waals surface area contributed by atoms with Crippen molar-refractivity contribution in [1.82, 2.24) is 14.8 Å². The highest BCUT2D eigenvalue weighted by atomic mass is 32.2. The van der Waals surface area contributed by atoms with Crippen LogP contribution in [0.25, 0.3) is 0 Å². The van der Waals surface area contributed by atoms with Gasteiger partial charge in [-0.3, -0.25) is 4.79 Å². The van der Waals surface area contributed by atoms with Crippen molar-refractivity contribution in [2.24, 2.45) is 0 Å². The summed E-state index contributed by atoms with van der Waals surface area (Å²) in [7, 11) is -3.60. The molecule has 0 aliphatic carbocycles. The van der Waals surface area contributed by atoms with Gasteiger partial charge in [0.1, 0.15) is 5.82 Å². The second kappa shape index (κ2) is 6.27. The van der Waals surface area contributed by atoms with Crippen LogP contribution in [0.1, 0.15) is 25.2 Å². The van der Waals surface area contributed by atoms with E-state index in [1.54, 1.807) is 35.8 Å². The number of aryl methyl sites for hydroxylation is 1. The number of benzene rings is 1. The zero-order valence-electron chi connectivity index (χ0n) is 12.7. The van der Waals surface area contributed by atoms with E-state index in [1.165, 1.54) is 6.92 Å². The fourth-order valence-electron chi connectivity index (χ4n) is 2.18. The predicted molar refractivity (Wildman–Crippen MR) is 82.1 cm³/mol. The van der Waals surface area contributed by atoms with Gasteiger partial charge in [0.25, 0.3) is 0 Å². The summed E-state index contributed by atoms with van der Waals surface area (Å²) in [6.45, 7) is 5.44. The van der Waals surface area contributed by atoms with E-state index < -0.39 is 9.84 Å². The monoisotopic (exact) mass is 322 g/mol. The Balaban J connectivity index is 2.31. The summed E-state index contributed by atoms with van der Waals surface area (Å²) < 4.78 is 26.6. The third kappa shape index (κ3) is 3.51. The van der Waals surface area contributed by atoms with Crippen LogP contribution in [0.5, 0.6) is 0 Å². The van der Waals surface area contributed by atoms with E-state index in [-0.39, 0.29) is 16.8 Å². The van der Waals surface area contributed by atoms with Crippen LogP contribution in [-0.4, -0.2) is 29.1 Å². The summed E-state index contributed by atoms with van der Waals surface area (Å²) in [5, 5.41) is 10.2. The number of sulfone groups is 1. The van der Waals surface area contributed by atoms with Crippen molar-refractivity contribution in [3.8, 4) is 0 Å². The molecule has 0 radical (unpaired) electrons. The van der Waals surface area contributed by atoms with Crippen LogP contribution in [0, 0.1) is 6.92 Å². The fourth-order valence-corrected chi connectivity index (χ4v) is 3.69. The van der Waals surface area contributed by atoms with Crippen molar-refractivity contribution in [3.63, 3.8) is 0 Å². The molecule has 22 heavy (non-hydrogen) atoms. The molecule has 118 valence electrons. The van der Waals surface area contributed by atoms with Gasteiger partial charge in [-0.25, -0.2) is 8.42 Å². The Morgan fingerprint density at radius 2 is 2.05 bits per heavy atom. The summed E-state index contributed by atoms with van der Waals surface area (Å²) in [5.41, 5.74) is 1.14. The van der Waals surface area contributed by atoms with Crippen molar-refractivity contribution < 1.29 is 13.2 Å². The molecule has 0 atom stereocenters. The number of aromatic nitrogens is 3. The molecule has 2 rings (SSSR count). The van der Waals surface area contributed by atoms with Crippen molar-refractivity contribution in [3.05, 3.63) is 35.7 Å². The molecular formula is C14H18N4O3S. The second-order valence-electron chi connectivity index (χ2n) is 4.91. The molecule has 7 nitrogen and oxygen atoms in total. The number of hydrogen-bond donors (Lipinski definition) is 1. The van der Waals surface area contributed by atoms with Gasteiger partial charge in [-0.15, -0.1) is 10.2 Å². The lowest BCUT2D eigenvalue weighted by atomic mass is 10.2. The Bertz CT molecular complexity index is 796. The minimum atomic E-state index is -3.60.